The van der Waals surface area contributed by atoms with Gasteiger partial charge in [-0.3, -0.25) is 0 Å². The van der Waals surface area contributed by atoms with Gasteiger partial charge in [-0.2, -0.15) is 36.0 Å². The van der Waals surface area contributed by atoms with Crippen LogP contribution in [-0.2, 0) is 6.18 Å². The van der Waals surface area contributed by atoms with Gasteiger partial charge < -0.3 is 4.74 Å². The van der Waals surface area contributed by atoms with E-state index in [9.17, 15) is 30.7 Å². The van der Waals surface area contributed by atoms with Crippen LogP contribution in [0.4, 0.5) is 30.7 Å². The van der Waals surface area contributed by atoms with Crippen LogP contribution in [0.25, 0.3) is 16.9 Å². The zero-order valence-electron chi connectivity index (χ0n) is 14.4. The van der Waals surface area contributed by atoms with E-state index in [1.165, 1.54) is 0 Å². The van der Waals surface area contributed by atoms with Crippen molar-refractivity contribution in [3.63, 3.8) is 0 Å². The molecule has 3 aromatic rings. The molecule has 156 valence electrons. The van der Waals surface area contributed by atoms with Gasteiger partial charge in [0.1, 0.15) is 5.69 Å². The van der Waals surface area contributed by atoms with Crippen molar-refractivity contribution in [3.8, 4) is 17.1 Å². The molecule has 29 heavy (non-hydrogen) atoms. The third-order valence-corrected chi connectivity index (χ3v) is 4.00. The fourth-order valence-electron chi connectivity index (χ4n) is 2.11. The Kier molecular flexibility index (Phi) is 4.84. The molecule has 3 heterocycles. The van der Waals surface area contributed by atoms with Gasteiger partial charge in [-0.1, -0.05) is 11.6 Å². The van der Waals surface area contributed by atoms with Crippen molar-refractivity contribution >= 4 is 17.2 Å². The second-order valence-corrected chi connectivity index (χ2v) is 6.66. The maximum absolute atomic E-state index is 14.3. The molecule has 0 spiro atoms. The molecular formula is C15H9ClF7N5O. The Morgan fingerprint density at radius 1 is 1.03 bits per heavy atom. The van der Waals surface area contributed by atoms with Crippen molar-refractivity contribution in [2.45, 2.75) is 31.8 Å². The summed E-state index contributed by atoms with van der Waals surface area (Å²) in [7, 11) is 0. The van der Waals surface area contributed by atoms with Crippen molar-refractivity contribution in [1.29, 1.82) is 0 Å². The molecule has 6 nitrogen and oxygen atoms in total. The predicted molar refractivity (Wildman–Crippen MR) is 84.7 cm³/mol. The molecule has 3 rings (SSSR count). The molecule has 14 heteroatoms. The molecule has 0 aromatic carbocycles. The zero-order chi connectivity index (χ0) is 21.8. The largest absolute Gasteiger partial charge is 0.460 e. The summed E-state index contributed by atoms with van der Waals surface area (Å²) in [6.45, 7) is 1.36. The minimum absolute atomic E-state index is 0.201. The molecule has 0 unspecified atom stereocenters. The van der Waals surface area contributed by atoms with Crippen molar-refractivity contribution in [2.75, 3.05) is 0 Å². The summed E-state index contributed by atoms with van der Waals surface area (Å²) in [5, 5.41) is 9.76. The first-order chi connectivity index (χ1) is 13.2. The van der Waals surface area contributed by atoms with Crippen LogP contribution >= 0.6 is 11.6 Å². The standard InChI is InChI=1S/C15H9ClF7N5O/c1-13(2,15(21,22)23)29-11-8(17)3-6(5-24-11)10-7(16)4-9-25-26-12(14(18,19)20)28(9)27-10/h3-5H,1-2H3. The topological polar surface area (TPSA) is 65.2 Å². The summed E-state index contributed by atoms with van der Waals surface area (Å²) in [5.41, 5.74) is -3.57. The first kappa shape index (κ1) is 21.0. The van der Waals surface area contributed by atoms with Gasteiger partial charge in [-0.25, -0.2) is 9.37 Å². The Labute approximate surface area is 162 Å². The number of ether oxygens (including phenoxy) is 1. The molecule has 0 aliphatic heterocycles. The monoisotopic (exact) mass is 443 g/mol. The predicted octanol–water partition coefficient (Wildman–Crippen LogP) is 4.72. The summed E-state index contributed by atoms with van der Waals surface area (Å²) in [5.74, 6) is -3.68. The SMILES string of the molecule is CC(C)(Oc1ncc(-c2nn3c(C(F)(F)F)nnc3cc2Cl)cc1F)C(F)(F)F. The van der Waals surface area contributed by atoms with Gasteiger partial charge in [-0.15, -0.1) is 10.2 Å². The molecule has 0 saturated carbocycles. The van der Waals surface area contributed by atoms with Gasteiger partial charge in [0.2, 0.25) is 0 Å². The van der Waals surface area contributed by atoms with Crippen LogP contribution < -0.4 is 4.74 Å². The smallest absolute Gasteiger partial charge is 0.453 e. The molecule has 0 fully saturated rings. The van der Waals surface area contributed by atoms with Gasteiger partial charge >= 0.3 is 12.4 Å². The maximum Gasteiger partial charge on any atom is 0.453 e. The van der Waals surface area contributed by atoms with Crippen LogP contribution in [0.2, 0.25) is 5.02 Å². The van der Waals surface area contributed by atoms with E-state index in [1.54, 1.807) is 0 Å². The molecular weight excluding hydrogens is 435 g/mol. The van der Waals surface area contributed by atoms with Crippen LogP contribution in [-0.4, -0.2) is 36.6 Å². The third-order valence-electron chi connectivity index (χ3n) is 3.72. The minimum atomic E-state index is -4.87. The number of hydrogen-bond donors (Lipinski definition) is 0. The number of nitrogens with zero attached hydrogens (tertiary/aromatic N) is 5. The van der Waals surface area contributed by atoms with Crippen LogP contribution in [0.15, 0.2) is 18.3 Å². The van der Waals surface area contributed by atoms with Crippen LogP contribution in [0, 0.1) is 5.82 Å². The Balaban J connectivity index is 2.04. The molecule has 0 amide bonds. The minimum Gasteiger partial charge on any atom is -0.460 e. The lowest BCUT2D eigenvalue weighted by molar-refractivity contribution is -0.235. The average molecular weight is 444 g/mol. The Bertz CT molecular complexity index is 1080. The number of fused-ring (bicyclic) bond motifs is 1. The number of halogens is 8. The van der Waals surface area contributed by atoms with Gasteiger partial charge in [0.25, 0.3) is 11.7 Å². The van der Waals surface area contributed by atoms with E-state index in [0.29, 0.717) is 24.4 Å². The second kappa shape index (κ2) is 6.68. The highest BCUT2D eigenvalue weighted by Gasteiger charge is 2.50. The lowest BCUT2D eigenvalue weighted by Crippen LogP contribution is -2.45. The summed E-state index contributed by atoms with van der Waals surface area (Å²) in [4.78, 5) is 3.47. The van der Waals surface area contributed by atoms with Crippen molar-refractivity contribution < 1.29 is 35.5 Å². The van der Waals surface area contributed by atoms with Crippen molar-refractivity contribution in [1.82, 2.24) is 24.8 Å². The number of pyridine rings is 1. The highest BCUT2D eigenvalue weighted by Crippen LogP contribution is 2.36. The van der Waals surface area contributed by atoms with E-state index in [4.69, 9.17) is 11.6 Å². The molecule has 0 aliphatic rings. The molecule has 0 radical (unpaired) electrons. The molecule has 3 aromatic heterocycles. The van der Waals surface area contributed by atoms with Gasteiger partial charge in [-0.05, 0) is 19.9 Å². The van der Waals surface area contributed by atoms with E-state index in [1.807, 2.05) is 0 Å². The quantitative estimate of drug-likeness (QED) is 0.548. The van der Waals surface area contributed by atoms with Crippen LogP contribution in [0.3, 0.4) is 0 Å². The Morgan fingerprint density at radius 2 is 1.69 bits per heavy atom. The summed E-state index contributed by atoms with van der Waals surface area (Å²) in [6.07, 6.45) is -8.82. The first-order valence-electron chi connectivity index (χ1n) is 7.61. The van der Waals surface area contributed by atoms with E-state index in [2.05, 4.69) is 25.0 Å². The fourth-order valence-corrected chi connectivity index (χ4v) is 2.36. The fraction of sp³-hybridized carbons (Fsp3) is 0.333. The van der Waals surface area contributed by atoms with E-state index < -0.39 is 35.5 Å². The second-order valence-electron chi connectivity index (χ2n) is 6.25. The highest BCUT2D eigenvalue weighted by atomic mass is 35.5. The third kappa shape index (κ3) is 3.91. The maximum atomic E-state index is 14.3. The summed E-state index contributed by atoms with van der Waals surface area (Å²) in [6, 6.07) is 1.70. The summed E-state index contributed by atoms with van der Waals surface area (Å²) < 4.78 is 96.8. The Hall–Kier alpha value is -2.70. The van der Waals surface area contributed by atoms with Crippen LogP contribution in [0.1, 0.15) is 19.7 Å². The molecule has 0 aliphatic carbocycles. The molecule has 0 atom stereocenters. The zero-order valence-corrected chi connectivity index (χ0v) is 15.2. The Morgan fingerprint density at radius 3 is 2.24 bits per heavy atom. The molecule has 0 bridgehead atoms. The van der Waals surface area contributed by atoms with Gasteiger partial charge in [0.05, 0.1) is 5.02 Å². The lowest BCUT2D eigenvalue weighted by atomic mass is 10.1. The number of hydrogen-bond acceptors (Lipinski definition) is 5. The van der Waals surface area contributed by atoms with Crippen molar-refractivity contribution in [2.24, 2.45) is 0 Å². The average Bonchev–Trinajstić information content (AvgIpc) is 2.97. The first-order valence-corrected chi connectivity index (χ1v) is 7.99. The van der Waals surface area contributed by atoms with E-state index in [-0.39, 0.29) is 21.9 Å². The molecule has 0 saturated heterocycles. The van der Waals surface area contributed by atoms with E-state index >= 15 is 0 Å². The van der Waals surface area contributed by atoms with Crippen molar-refractivity contribution in [3.05, 3.63) is 35.0 Å². The van der Waals surface area contributed by atoms with E-state index in [0.717, 1.165) is 12.3 Å². The highest BCUT2D eigenvalue weighted by molar-refractivity contribution is 6.33. The lowest BCUT2D eigenvalue weighted by Gasteiger charge is -2.28. The number of aromatic nitrogens is 5. The summed E-state index contributed by atoms with van der Waals surface area (Å²) >= 11 is 5.96. The normalized spacial score (nSPS) is 13.2. The van der Waals surface area contributed by atoms with Crippen LogP contribution in [0.5, 0.6) is 5.88 Å². The van der Waals surface area contributed by atoms with Gasteiger partial charge in [0, 0.05) is 17.8 Å². The molecule has 0 N–H and O–H groups in total. The number of rotatable bonds is 3. The van der Waals surface area contributed by atoms with Gasteiger partial charge in [0.15, 0.2) is 17.1 Å². The number of alkyl halides is 6.